The first-order valence-electron chi connectivity index (χ1n) is 9.51. The predicted octanol–water partition coefficient (Wildman–Crippen LogP) is 3.11. The molecule has 1 aliphatic rings. The summed E-state index contributed by atoms with van der Waals surface area (Å²) in [6.45, 7) is 1.59. The van der Waals surface area contributed by atoms with E-state index in [0.29, 0.717) is 5.56 Å². The normalized spacial score (nSPS) is 16.0. The summed E-state index contributed by atoms with van der Waals surface area (Å²) >= 11 is 0. The molecule has 7 nitrogen and oxygen atoms in total. The van der Waals surface area contributed by atoms with Gasteiger partial charge in [0.05, 0.1) is 23.9 Å². The standard InChI is InChI=1S/C23H22N2O5/c1-2-29-22(27)20-18(15-30-19(26)14-13-16-9-5-3-6-10-16)24-23(28)25-21(20)17-11-7-4-8-12-17/h3-14,21H,2,15H2,1H3,(H2,24,25,28)/b14-13+/t21-/m0/s1. The SMILES string of the molecule is CCOC(=O)C1=C(COC(=O)/C=C/c2ccccc2)NC(=O)N[C@H]1c1ccccc1. The first kappa shape index (κ1) is 20.9. The van der Waals surface area contributed by atoms with E-state index < -0.39 is 24.0 Å². The minimum absolute atomic E-state index is 0.171. The zero-order valence-electron chi connectivity index (χ0n) is 16.5. The molecule has 3 rings (SSSR count). The van der Waals surface area contributed by atoms with Crippen molar-refractivity contribution in [2.75, 3.05) is 13.2 Å². The number of amides is 2. The number of carbonyl (C=O) groups excluding carboxylic acids is 3. The van der Waals surface area contributed by atoms with E-state index >= 15 is 0 Å². The topological polar surface area (TPSA) is 93.7 Å². The Morgan fingerprint density at radius 1 is 1.00 bits per heavy atom. The fourth-order valence-electron chi connectivity index (χ4n) is 3.00. The zero-order chi connectivity index (χ0) is 21.3. The van der Waals surface area contributed by atoms with Gasteiger partial charge in [-0.05, 0) is 24.1 Å². The fraction of sp³-hybridized carbons (Fsp3) is 0.174. The highest BCUT2D eigenvalue weighted by Crippen LogP contribution is 2.27. The van der Waals surface area contributed by atoms with Crippen LogP contribution in [0.5, 0.6) is 0 Å². The minimum atomic E-state index is -0.715. The van der Waals surface area contributed by atoms with Gasteiger partial charge in [-0.2, -0.15) is 0 Å². The van der Waals surface area contributed by atoms with E-state index in [1.54, 1.807) is 37.3 Å². The van der Waals surface area contributed by atoms with Crippen molar-refractivity contribution in [2.45, 2.75) is 13.0 Å². The Balaban J connectivity index is 1.82. The molecule has 0 spiro atoms. The fourth-order valence-corrected chi connectivity index (χ4v) is 3.00. The van der Waals surface area contributed by atoms with Crippen molar-refractivity contribution >= 4 is 24.0 Å². The molecular formula is C23H22N2O5. The lowest BCUT2D eigenvalue weighted by molar-refractivity contribution is -0.140. The Labute approximate surface area is 174 Å². The van der Waals surface area contributed by atoms with Gasteiger partial charge in [-0.25, -0.2) is 14.4 Å². The maximum atomic E-state index is 12.6. The first-order valence-corrected chi connectivity index (χ1v) is 9.51. The number of benzene rings is 2. The maximum absolute atomic E-state index is 12.6. The molecule has 0 fully saturated rings. The largest absolute Gasteiger partial charge is 0.463 e. The number of esters is 2. The zero-order valence-corrected chi connectivity index (χ0v) is 16.5. The number of hydrogen-bond acceptors (Lipinski definition) is 5. The summed E-state index contributed by atoms with van der Waals surface area (Å²) < 4.78 is 10.4. The van der Waals surface area contributed by atoms with Crippen LogP contribution in [0, 0.1) is 0 Å². The highest BCUT2D eigenvalue weighted by atomic mass is 16.5. The average Bonchev–Trinajstić information content (AvgIpc) is 2.77. The molecule has 2 aromatic carbocycles. The molecule has 0 saturated heterocycles. The molecule has 0 radical (unpaired) electrons. The molecule has 0 aromatic heterocycles. The van der Waals surface area contributed by atoms with Crippen molar-refractivity contribution in [1.29, 1.82) is 0 Å². The summed E-state index contributed by atoms with van der Waals surface area (Å²) in [5.41, 5.74) is 1.94. The molecule has 1 atom stereocenters. The predicted molar refractivity (Wildman–Crippen MR) is 111 cm³/mol. The molecule has 0 aliphatic carbocycles. The number of ether oxygens (including phenoxy) is 2. The Hall–Kier alpha value is -3.87. The molecule has 2 aromatic rings. The van der Waals surface area contributed by atoms with E-state index in [4.69, 9.17) is 9.47 Å². The smallest absolute Gasteiger partial charge is 0.338 e. The number of rotatable bonds is 7. The second kappa shape index (κ2) is 10.1. The second-order valence-corrected chi connectivity index (χ2v) is 6.41. The maximum Gasteiger partial charge on any atom is 0.338 e. The van der Waals surface area contributed by atoms with Crippen LogP contribution in [-0.4, -0.2) is 31.2 Å². The van der Waals surface area contributed by atoms with Gasteiger partial charge in [0.15, 0.2) is 0 Å². The van der Waals surface area contributed by atoms with Crippen LogP contribution in [0.4, 0.5) is 4.79 Å². The van der Waals surface area contributed by atoms with Crippen molar-refractivity contribution < 1.29 is 23.9 Å². The van der Waals surface area contributed by atoms with Crippen LogP contribution in [0.2, 0.25) is 0 Å². The Morgan fingerprint density at radius 2 is 1.67 bits per heavy atom. The van der Waals surface area contributed by atoms with Gasteiger partial charge in [0.1, 0.15) is 6.61 Å². The molecule has 2 N–H and O–H groups in total. The van der Waals surface area contributed by atoms with Gasteiger partial charge < -0.3 is 20.1 Å². The van der Waals surface area contributed by atoms with Gasteiger partial charge >= 0.3 is 18.0 Å². The Kier molecular flexibility index (Phi) is 7.00. The summed E-state index contributed by atoms with van der Waals surface area (Å²) in [4.78, 5) is 36.9. The Morgan fingerprint density at radius 3 is 2.33 bits per heavy atom. The monoisotopic (exact) mass is 406 g/mol. The highest BCUT2D eigenvalue weighted by molar-refractivity contribution is 5.95. The van der Waals surface area contributed by atoms with Crippen molar-refractivity contribution in [3.63, 3.8) is 0 Å². The van der Waals surface area contributed by atoms with Crippen LogP contribution in [0.1, 0.15) is 24.1 Å². The lowest BCUT2D eigenvalue weighted by atomic mass is 9.95. The quantitative estimate of drug-likeness (QED) is 0.544. The van der Waals surface area contributed by atoms with Gasteiger partial charge in [-0.1, -0.05) is 60.7 Å². The van der Waals surface area contributed by atoms with Crippen molar-refractivity contribution in [1.82, 2.24) is 10.6 Å². The van der Waals surface area contributed by atoms with Crippen LogP contribution in [0.25, 0.3) is 6.08 Å². The molecule has 1 aliphatic heterocycles. The first-order chi connectivity index (χ1) is 14.6. The molecule has 154 valence electrons. The van der Waals surface area contributed by atoms with Gasteiger partial charge in [0.25, 0.3) is 0 Å². The van der Waals surface area contributed by atoms with Crippen molar-refractivity contribution in [3.05, 3.63) is 89.1 Å². The number of nitrogens with one attached hydrogen (secondary N) is 2. The van der Waals surface area contributed by atoms with Crippen LogP contribution in [-0.2, 0) is 19.1 Å². The third-order valence-electron chi connectivity index (χ3n) is 4.35. The molecule has 1 heterocycles. The van der Waals surface area contributed by atoms with Crippen LogP contribution < -0.4 is 10.6 Å². The molecule has 0 bridgehead atoms. The van der Waals surface area contributed by atoms with Crippen LogP contribution >= 0.6 is 0 Å². The number of carbonyl (C=O) groups is 3. The highest BCUT2D eigenvalue weighted by Gasteiger charge is 2.34. The lowest BCUT2D eigenvalue weighted by Gasteiger charge is -2.29. The number of hydrogen-bond donors (Lipinski definition) is 2. The summed E-state index contributed by atoms with van der Waals surface area (Å²) in [5, 5.41) is 5.29. The molecule has 7 heteroatoms. The van der Waals surface area contributed by atoms with E-state index in [9.17, 15) is 14.4 Å². The average molecular weight is 406 g/mol. The van der Waals surface area contributed by atoms with E-state index in [1.165, 1.54) is 6.08 Å². The van der Waals surface area contributed by atoms with Gasteiger partial charge in [-0.3, -0.25) is 0 Å². The summed E-state index contributed by atoms with van der Waals surface area (Å²) in [6, 6.07) is 17.1. The molecule has 30 heavy (non-hydrogen) atoms. The minimum Gasteiger partial charge on any atom is -0.463 e. The van der Waals surface area contributed by atoms with Crippen molar-refractivity contribution in [3.8, 4) is 0 Å². The van der Waals surface area contributed by atoms with Crippen LogP contribution in [0.3, 0.4) is 0 Å². The van der Waals surface area contributed by atoms with Gasteiger partial charge in [0, 0.05) is 6.08 Å². The van der Waals surface area contributed by atoms with Crippen molar-refractivity contribution in [2.24, 2.45) is 0 Å². The summed E-state index contributed by atoms with van der Waals surface area (Å²) in [5.74, 6) is -1.19. The molecular weight excluding hydrogens is 384 g/mol. The lowest BCUT2D eigenvalue weighted by Crippen LogP contribution is -2.47. The van der Waals surface area contributed by atoms with E-state index in [0.717, 1.165) is 5.56 Å². The third kappa shape index (κ3) is 5.35. The van der Waals surface area contributed by atoms with E-state index in [-0.39, 0.29) is 24.5 Å². The number of urea groups is 1. The Bertz CT molecular complexity index is 968. The molecule has 2 amide bonds. The molecule has 0 unspecified atom stereocenters. The van der Waals surface area contributed by atoms with Crippen LogP contribution in [0.15, 0.2) is 78.0 Å². The van der Waals surface area contributed by atoms with Gasteiger partial charge in [-0.15, -0.1) is 0 Å². The second-order valence-electron chi connectivity index (χ2n) is 6.41. The van der Waals surface area contributed by atoms with Gasteiger partial charge in [0.2, 0.25) is 0 Å². The van der Waals surface area contributed by atoms with E-state index in [1.807, 2.05) is 36.4 Å². The molecule has 0 saturated carbocycles. The summed E-state index contributed by atoms with van der Waals surface area (Å²) in [7, 11) is 0. The van der Waals surface area contributed by atoms with E-state index in [2.05, 4.69) is 10.6 Å². The summed E-state index contributed by atoms with van der Waals surface area (Å²) in [6.07, 6.45) is 2.91. The third-order valence-corrected chi connectivity index (χ3v) is 4.35.